The summed E-state index contributed by atoms with van der Waals surface area (Å²) >= 11 is 0. The molecule has 106 valence electrons. The topological polar surface area (TPSA) is 68.8 Å². The van der Waals surface area contributed by atoms with Crippen molar-refractivity contribution >= 4 is 5.91 Å². The number of benzene rings is 1. The lowest BCUT2D eigenvalue weighted by Gasteiger charge is -2.14. The van der Waals surface area contributed by atoms with E-state index in [9.17, 15) is 4.79 Å². The third kappa shape index (κ3) is 4.03. The molecule has 19 heavy (non-hydrogen) atoms. The van der Waals surface area contributed by atoms with Crippen molar-refractivity contribution in [3.05, 3.63) is 17.7 Å². The maximum absolute atomic E-state index is 11.4. The summed E-state index contributed by atoms with van der Waals surface area (Å²) in [5.74, 6) is 1.65. The van der Waals surface area contributed by atoms with Crippen molar-refractivity contribution in [1.82, 2.24) is 10.9 Å². The van der Waals surface area contributed by atoms with Crippen LogP contribution in [0.25, 0.3) is 0 Å². The second-order valence-corrected chi connectivity index (χ2v) is 3.83. The number of carbonyl (C=O) groups excluding carboxylic acids is 1. The van der Waals surface area contributed by atoms with Gasteiger partial charge in [-0.2, -0.15) is 0 Å². The van der Waals surface area contributed by atoms with E-state index in [0.29, 0.717) is 30.1 Å². The first-order chi connectivity index (χ1) is 9.15. The first-order valence-corrected chi connectivity index (χ1v) is 5.90. The summed E-state index contributed by atoms with van der Waals surface area (Å²) in [7, 11) is 6.33. The van der Waals surface area contributed by atoms with E-state index in [1.54, 1.807) is 28.4 Å². The van der Waals surface area contributed by atoms with Crippen LogP contribution in [0.15, 0.2) is 12.1 Å². The first-order valence-electron chi connectivity index (χ1n) is 5.90. The molecule has 0 atom stereocenters. The van der Waals surface area contributed by atoms with Crippen LogP contribution in [-0.2, 0) is 11.2 Å². The predicted molar refractivity (Wildman–Crippen MR) is 71.6 cm³/mol. The van der Waals surface area contributed by atoms with Crippen LogP contribution in [0.2, 0.25) is 0 Å². The molecule has 0 aromatic heterocycles. The molecule has 1 amide bonds. The molecule has 0 bridgehead atoms. The van der Waals surface area contributed by atoms with Gasteiger partial charge in [0, 0.05) is 13.5 Å². The van der Waals surface area contributed by atoms with Crippen molar-refractivity contribution < 1.29 is 19.0 Å². The third-order valence-electron chi connectivity index (χ3n) is 2.63. The summed E-state index contributed by atoms with van der Waals surface area (Å²) in [6.45, 7) is 0. The average molecular weight is 268 g/mol. The lowest BCUT2D eigenvalue weighted by molar-refractivity contribution is -0.121. The number of methoxy groups -OCH3 is 3. The van der Waals surface area contributed by atoms with Crippen molar-refractivity contribution in [3.8, 4) is 17.2 Å². The van der Waals surface area contributed by atoms with Gasteiger partial charge in [0.2, 0.25) is 11.7 Å². The summed E-state index contributed by atoms with van der Waals surface area (Å²) in [5, 5.41) is 0. The molecule has 1 aromatic rings. The number of carbonyl (C=O) groups is 1. The van der Waals surface area contributed by atoms with Gasteiger partial charge in [0.1, 0.15) is 0 Å². The Bertz CT molecular complexity index is 410. The standard InChI is InChI=1S/C13H20N2O4/c1-14-15-12(16)6-5-9-7-10(17-2)13(19-4)11(8-9)18-3/h7-8,14H,5-6H2,1-4H3,(H,15,16). The predicted octanol–water partition coefficient (Wildman–Crippen LogP) is 0.896. The maximum Gasteiger partial charge on any atom is 0.234 e. The molecule has 0 unspecified atom stereocenters. The van der Waals surface area contributed by atoms with Crippen LogP contribution in [0.5, 0.6) is 17.2 Å². The van der Waals surface area contributed by atoms with E-state index < -0.39 is 0 Å². The van der Waals surface area contributed by atoms with E-state index in [-0.39, 0.29) is 5.91 Å². The van der Waals surface area contributed by atoms with Crippen molar-refractivity contribution in [3.63, 3.8) is 0 Å². The maximum atomic E-state index is 11.4. The zero-order valence-electron chi connectivity index (χ0n) is 11.7. The second kappa shape index (κ2) is 7.48. The van der Waals surface area contributed by atoms with Gasteiger partial charge in [-0.25, -0.2) is 5.43 Å². The Kier molecular flexibility index (Phi) is 5.95. The lowest BCUT2D eigenvalue weighted by Crippen LogP contribution is -2.34. The molecule has 0 heterocycles. The Labute approximate surface area is 113 Å². The van der Waals surface area contributed by atoms with E-state index in [1.165, 1.54) is 0 Å². The van der Waals surface area contributed by atoms with Crippen LogP contribution >= 0.6 is 0 Å². The molecule has 6 heteroatoms. The summed E-state index contributed by atoms with van der Waals surface area (Å²) < 4.78 is 15.7. The SMILES string of the molecule is CNNC(=O)CCc1cc(OC)c(OC)c(OC)c1. The highest BCUT2D eigenvalue weighted by Gasteiger charge is 2.13. The van der Waals surface area contributed by atoms with Crippen LogP contribution in [0.4, 0.5) is 0 Å². The molecule has 0 radical (unpaired) electrons. The molecule has 0 fully saturated rings. The quantitative estimate of drug-likeness (QED) is 0.719. The molecule has 0 saturated heterocycles. The smallest absolute Gasteiger partial charge is 0.234 e. The Morgan fingerprint density at radius 3 is 2.11 bits per heavy atom. The van der Waals surface area contributed by atoms with E-state index in [1.807, 2.05) is 12.1 Å². The summed E-state index contributed by atoms with van der Waals surface area (Å²) in [6.07, 6.45) is 0.962. The zero-order chi connectivity index (χ0) is 14.3. The van der Waals surface area contributed by atoms with Crippen LogP contribution < -0.4 is 25.1 Å². The average Bonchev–Trinajstić information content (AvgIpc) is 2.44. The minimum atomic E-state index is -0.0729. The minimum Gasteiger partial charge on any atom is -0.493 e. The number of hydrazine groups is 1. The number of hydrogen-bond donors (Lipinski definition) is 2. The van der Waals surface area contributed by atoms with Gasteiger partial charge < -0.3 is 14.2 Å². The summed E-state index contributed by atoms with van der Waals surface area (Å²) in [4.78, 5) is 11.4. The molecule has 2 N–H and O–H groups in total. The molecule has 0 saturated carbocycles. The molecule has 1 aromatic carbocycles. The third-order valence-corrected chi connectivity index (χ3v) is 2.63. The molecule has 0 aliphatic carbocycles. The van der Waals surface area contributed by atoms with E-state index in [4.69, 9.17) is 14.2 Å². The van der Waals surface area contributed by atoms with Crippen LogP contribution in [-0.4, -0.2) is 34.3 Å². The van der Waals surface area contributed by atoms with Gasteiger partial charge in [-0.3, -0.25) is 10.2 Å². The Hall–Kier alpha value is -1.95. The molecule has 0 aliphatic rings. The van der Waals surface area contributed by atoms with Crippen LogP contribution in [0.1, 0.15) is 12.0 Å². The van der Waals surface area contributed by atoms with E-state index in [0.717, 1.165) is 5.56 Å². The van der Waals surface area contributed by atoms with Crippen molar-refractivity contribution in [2.45, 2.75) is 12.8 Å². The Morgan fingerprint density at radius 2 is 1.68 bits per heavy atom. The summed E-state index contributed by atoms with van der Waals surface area (Å²) in [5.41, 5.74) is 6.06. The Balaban J connectivity index is 2.87. The fourth-order valence-corrected chi connectivity index (χ4v) is 1.74. The normalized spacial score (nSPS) is 9.89. The molecule has 0 aliphatic heterocycles. The minimum absolute atomic E-state index is 0.0729. The number of rotatable bonds is 7. The van der Waals surface area contributed by atoms with Gasteiger partial charge in [0.05, 0.1) is 21.3 Å². The number of ether oxygens (including phenoxy) is 3. The van der Waals surface area contributed by atoms with Gasteiger partial charge in [0.25, 0.3) is 0 Å². The van der Waals surface area contributed by atoms with Crippen LogP contribution in [0.3, 0.4) is 0 Å². The highest BCUT2D eigenvalue weighted by atomic mass is 16.5. The van der Waals surface area contributed by atoms with E-state index >= 15 is 0 Å². The van der Waals surface area contributed by atoms with Gasteiger partial charge in [-0.1, -0.05) is 0 Å². The van der Waals surface area contributed by atoms with Gasteiger partial charge in [0.15, 0.2) is 11.5 Å². The van der Waals surface area contributed by atoms with Crippen molar-refractivity contribution in [2.75, 3.05) is 28.4 Å². The van der Waals surface area contributed by atoms with Crippen molar-refractivity contribution in [2.24, 2.45) is 0 Å². The van der Waals surface area contributed by atoms with Gasteiger partial charge in [-0.15, -0.1) is 0 Å². The lowest BCUT2D eigenvalue weighted by atomic mass is 10.1. The van der Waals surface area contributed by atoms with Crippen molar-refractivity contribution in [1.29, 1.82) is 0 Å². The summed E-state index contributed by atoms with van der Waals surface area (Å²) in [6, 6.07) is 3.68. The number of amides is 1. The number of aryl methyl sites for hydroxylation is 1. The van der Waals surface area contributed by atoms with Crippen LogP contribution in [0, 0.1) is 0 Å². The fraction of sp³-hybridized carbons (Fsp3) is 0.462. The highest BCUT2D eigenvalue weighted by Crippen LogP contribution is 2.38. The van der Waals surface area contributed by atoms with Gasteiger partial charge in [-0.05, 0) is 24.1 Å². The second-order valence-electron chi connectivity index (χ2n) is 3.83. The molecule has 1 rings (SSSR count). The van der Waals surface area contributed by atoms with E-state index in [2.05, 4.69) is 10.9 Å². The largest absolute Gasteiger partial charge is 0.493 e. The fourth-order valence-electron chi connectivity index (χ4n) is 1.74. The zero-order valence-corrected chi connectivity index (χ0v) is 11.7. The molecular weight excluding hydrogens is 248 g/mol. The number of hydrogen-bond acceptors (Lipinski definition) is 5. The highest BCUT2D eigenvalue weighted by molar-refractivity contribution is 5.75. The molecule has 0 spiro atoms. The molecule has 6 nitrogen and oxygen atoms in total. The first kappa shape index (κ1) is 15.1. The van der Waals surface area contributed by atoms with Gasteiger partial charge >= 0.3 is 0 Å². The molecular formula is C13H20N2O4. The Morgan fingerprint density at radius 1 is 1.11 bits per heavy atom. The number of nitrogens with one attached hydrogen (secondary N) is 2. The monoisotopic (exact) mass is 268 g/mol.